The Morgan fingerprint density at radius 1 is 0.826 bits per heavy atom. The van der Waals surface area contributed by atoms with E-state index in [1.54, 1.807) is 30.0 Å². The molecule has 2 atom stereocenters. The molecule has 2 unspecified atom stereocenters. The first kappa shape index (κ1) is 38.0. The number of aromatic hydroxyl groups is 2. The molecule has 254 valence electrons. The van der Waals surface area contributed by atoms with Crippen molar-refractivity contribution >= 4 is 36.6 Å². The van der Waals surface area contributed by atoms with E-state index in [1.807, 2.05) is 41.3 Å². The SMILES string of the molecule is CC1(c2ccc(O)cc2)CSc2cc(O)ccc2C1c1ccc(OCCN2CCN(CCCC(F)(F)C(F)(F)F)CC2)cc1.Cl.Cl. The Kier molecular flexibility index (Phi) is 12.9. The van der Waals surface area contributed by atoms with Crippen molar-refractivity contribution in [1.82, 2.24) is 9.80 Å². The Morgan fingerprint density at radius 2 is 1.41 bits per heavy atom. The van der Waals surface area contributed by atoms with Crippen molar-refractivity contribution in [3.63, 3.8) is 0 Å². The summed E-state index contributed by atoms with van der Waals surface area (Å²) in [5, 5.41) is 20.0. The second kappa shape index (κ2) is 15.6. The van der Waals surface area contributed by atoms with Gasteiger partial charge in [-0.15, -0.1) is 36.6 Å². The van der Waals surface area contributed by atoms with Crippen LogP contribution in [-0.4, -0.2) is 83.7 Å². The molecule has 2 heterocycles. The maximum atomic E-state index is 13.1. The second-order valence-corrected chi connectivity index (χ2v) is 12.8. The van der Waals surface area contributed by atoms with Crippen LogP contribution >= 0.6 is 36.6 Å². The molecule has 0 amide bonds. The third-order valence-electron chi connectivity index (χ3n) is 8.73. The molecule has 0 bridgehead atoms. The molecule has 5 rings (SSSR count). The Labute approximate surface area is 282 Å². The van der Waals surface area contributed by atoms with E-state index in [9.17, 15) is 32.2 Å². The first-order chi connectivity index (χ1) is 20.9. The molecule has 0 radical (unpaired) electrons. The lowest BCUT2D eigenvalue weighted by atomic mass is 9.67. The van der Waals surface area contributed by atoms with Crippen molar-refractivity contribution in [3.05, 3.63) is 83.4 Å². The molecule has 0 aliphatic carbocycles. The molecule has 2 aliphatic rings. The number of alkyl halides is 5. The number of nitrogens with zero attached hydrogens (tertiary/aromatic N) is 2. The van der Waals surface area contributed by atoms with Crippen LogP contribution in [-0.2, 0) is 5.41 Å². The van der Waals surface area contributed by atoms with Gasteiger partial charge in [0.15, 0.2) is 0 Å². The summed E-state index contributed by atoms with van der Waals surface area (Å²) in [6, 6.07) is 21.0. The van der Waals surface area contributed by atoms with E-state index in [1.165, 1.54) is 0 Å². The molecule has 1 saturated heterocycles. The van der Waals surface area contributed by atoms with Crippen molar-refractivity contribution < 1.29 is 36.9 Å². The van der Waals surface area contributed by atoms with Crippen LogP contribution in [0.1, 0.15) is 42.4 Å². The van der Waals surface area contributed by atoms with E-state index in [0.29, 0.717) is 39.3 Å². The molecule has 3 aromatic rings. The maximum absolute atomic E-state index is 13.1. The van der Waals surface area contributed by atoms with Crippen molar-refractivity contribution in [1.29, 1.82) is 0 Å². The van der Waals surface area contributed by atoms with Gasteiger partial charge in [-0.05, 0) is 66.1 Å². The molecule has 2 aliphatic heterocycles. The van der Waals surface area contributed by atoms with Crippen LogP contribution in [0.2, 0.25) is 0 Å². The number of ether oxygens (including phenoxy) is 1. The molecule has 0 spiro atoms. The third kappa shape index (κ3) is 8.72. The van der Waals surface area contributed by atoms with Crippen LogP contribution in [0.4, 0.5) is 22.0 Å². The molecule has 0 aromatic heterocycles. The number of fused-ring (bicyclic) bond motifs is 1. The van der Waals surface area contributed by atoms with Crippen molar-refractivity contribution in [2.45, 2.75) is 48.1 Å². The summed E-state index contributed by atoms with van der Waals surface area (Å²) in [5.41, 5.74) is 3.10. The monoisotopic (exact) mass is 708 g/mol. The number of benzene rings is 3. The van der Waals surface area contributed by atoms with Gasteiger partial charge in [-0.3, -0.25) is 4.90 Å². The standard InChI is InChI=1S/C33H37F5N2O3S.2ClH/c1-31(24-5-7-25(41)8-6-24)22-44-29-21-26(42)9-12-28(29)30(31)23-3-10-27(11-4-23)43-20-19-40-17-15-39(16-18-40)14-2-13-32(34,35)33(36,37)38;;/h3-12,21,30,41-42H,2,13-20,22H2,1H3;2*1H. The number of rotatable bonds is 10. The average molecular weight is 710 g/mol. The molecule has 5 nitrogen and oxygen atoms in total. The summed E-state index contributed by atoms with van der Waals surface area (Å²) in [6.07, 6.45) is -6.88. The summed E-state index contributed by atoms with van der Waals surface area (Å²) in [5.74, 6) is -2.64. The Hall–Kier alpha value is -2.44. The molecule has 2 N–H and O–H groups in total. The highest BCUT2D eigenvalue weighted by Gasteiger charge is 2.56. The van der Waals surface area contributed by atoms with Gasteiger partial charge < -0.3 is 19.8 Å². The third-order valence-corrected chi connectivity index (χ3v) is 10.1. The van der Waals surface area contributed by atoms with E-state index in [-0.39, 0.29) is 60.6 Å². The van der Waals surface area contributed by atoms with Gasteiger partial charge in [0.25, 0.3) is 0 Å². The minimum Gasteiger partial charge on any atom is -0.508 e. The summed E-state index contributed by atoms with van der Waals surface area (Å²) in [4.78, 5) is 5.17. The lowest BCUT2D eigenvalue weighted by Gasteiger charge is -2.43. The molecule has 3 aromatic carbocycles. The number of phenolic OH excluding ortho intramolecular Hbond substituents is 2. The number of thioether (sulfide) groups is 1. The van der Waals surface area contributed by atoms with Gasteiger partial charge in [0.2, 0.25) is 0 Å². The highest BCUT2D eigenvalue weighted by molar-refractivity contribution is 7.99. The van der Waals surface area contributed by atoms with Crippen molar-refractivity contribution in [2.24, 2.45) is 0 Å². The molecule has 0 saturated carbocycles. The van der Waals surface area contributed by atoms with E-state index < -0.39 is 18.5 Å². The van der Waals surface area contributed by atoms with E-state index in [0.717, 1.165) is 33.1 Å². The van der Waals surface area contributed by atoms with Crippen LogP contribution in [0, 0.1) is 0 Å². The number of phenols is 2. The van der Waals surface area contributed by atoms with Gasteiger partial charge >= 0.3 is 12.1 Å². The van der Waals surface area contributed by atoms with Gasteiger partial charge in [-0.2, -0.15) is 22.0 Å². The topological polar surface area (TPSA) is 56.2 Å². The largest absolute Gasteiger partial charge is 0.508 e. The van der Waals surface area contributed by atoms with E-state index in [4.69, 9.17) is 4.74 Å². The maximum Gasteiger partial charge on any atom is 0.453 e. The van der Waals surface area contributed by atoms with Gasteiger partial charge in [0.1, 0.15) is 23.9 Å². The predicted molar refractivity (Wildman–Crippen MR) is 176 cm³/mol. The Balaban J connectivity index is 0.00000288. The zero-order chi connectivity index (χ0) is 31.5. The minimum absolute atomic E-state index is 0. The van der Waals surface area contributed by atoms with Gasteiger partial charge in [-0.1, -0.05) is 37.3 Å². The second-order valence-electron chi connectivity index (χ2n) is 11.8. The smallest absolute Gasteiger partial charge is 0.453 e. The molecule has 13 heteroatoms. The molecule has 1 fully saturated rings. The van der Waals surface area contributed by atoms with Crippen LogP contribution in [0.3, 0.4) is 0 Å². The minimum atomic E-state index is -5.49. The summed E-state index contributed by atoms with van der Waals surface area (Å²) < 4.78 is 69.4. The van der Waals surface area contributed by atoms with Crippen molar-refractivity contribution in [2.75, 3.05) is 51.6 Å². The van der Waals surface area contributed by atoms with E-state index >= 15 is 0 Å². The highest BCUT2D eigenvalue weighted by Crippen LogP contribution is 2.53. The van der Waals surface area contributed by atoms with Crippen LogP contribution < -0.4 is 4.74 Å². The van der Waals surface area contributed by atoms with Gasteiger partial charge in [-0.25, -0.2) is 0 Å². The Morgan fingerprint density at radius 3 is 2.02 bits per heavy atom. The van der Waals surface area contributed by atoms with Crippen LogP contribution in [0.5, 0.6) is 17.2 Å². The van der Waals surface area contributed by atoms with E-state index in [2.05, 4.69) is 24.0 Å². The number of hydrogen-bond acceptors (Lipinski definition) is 6. The van der Waals surface area contributed by atoms with Gasteiger partial charge in [0.05, 0.1) is 0 Å². The number of hydrogen-bond donors (Lipinski definition) is 2. The quantitative estimate of drug-likeness (QED) is 0.208. The summed E-state index contributed by atoms with van der Waals surface area (Å²) in [7, 11) is 0. The summed E-state index contributed by atoms with van der Waals surface area (Å²) >= 11 is 1.71. The number of piperazine rings is 1. The van der Waals surface area contributed by atoms with Crippen molar-refractivity contribution in [3.8, 4) is 17.2 Å². The lowest BCUT2D eigenvalue weighted by Crippen LogP contribution is -2.48. The fourth-order valence-corrected chi connectivity index (χ4v) is 7.48. The van der Waals surface area contributed by atoms with Gasteiger partial charge in [0, 0.05) is 61.1 Å². The predicted octanol–water partition coefficient (Wildman–Crippen LogP) is 8.11. The zero-order valence-electron chi connectivity index (χ0n) is 25.3. The molecule has 46 heavy (non-hydrogen) atoms. The normalized spacial score (nSPS) is 20.7. The number of halogens is 7. The highest BCUT2D eigenvalue weighted by atomic mass is 35.5. The average Bonchev–Trinajstić information content (AvgIpc) is 2.98. The van der Waals surface area contributed by atoms with Crippen LogP contribution in [0.25, 0.3) is 0 Å². The first-order valence-electron chi connectivity index (χ1n) is 14.7. The fourth-order valence-electron chi connectivity index (χ4n) is 6.13. The van der Waals surface area contributed by atoms with Crippen LogP contribution in [0.15, 0.2) is 71.6 Å². The molecular formula is C33H39Cl2F5N2O3S. The fraction of sp³-hybridized carbons (Fsp3) is 0.455. The molecular weight excluding hydrogens is 670 g/mol. The Bertz CT molecular complexity index is 1410. The lowest BCUT2D eigenvalue weighted by molar-refractivity contribution is -0.284. The summed E-state index contributed by atoms with van der Waals surface area (Å²) in [6.45, 7) is 6.22. The zero-order valence-corrected chi connectivity index (χ0v) is 27.8. The first-order valence-corrected chi connectivity index (χ1v) is 15.7.